The average molecular weight is 411 g/mol. The molecule has 0 bridgehead atoms. The molecule has 0 atom stereocenters. The van der Waals surface area contributed by atoms with E-state index in [1.54, 1.807) is 7.11 Å². The van der Waals surface area contributed by atoms with Gasteiger partial charge >= 0.3 is 0 Å². The third kappa shape index (κ3) is 4.20. The van der Waals surface area contributed by atoms with Gasteiger partial charge in [0.1, 0.15) is 5.75 Å². The van der Waals surface area contributed by atoms with Gasteiger partial charge in [0.05, 0.1) is 18.5 Å². The van der Waals surface area contributed by atoms with Crippen molar-refractivity contribution in [3.8, 4) is 11.4 Å². The lowest BCUT2D eigenvalue weighted by atomic mass is 10.1. The van der Waals surface area contributed by atoms with Gasteiger partial charge in [-0.3, -0.25) is 9.59 Å². The fraction of sp³-hybridized carbons (Fsp3) is 0.522. The third-order valence-electron chi connectivity index (χ3n) is 6.20. The van der Waals surface area contributed by atoms with E-state index in [4.69, 9.17) is 9.84 Å². The zero-order valence-electron chi connectivity index (χ0n) is 18.1. The molecule has 0 unspecified atom stereocenters. The highest BCUT2D eigenvalue weighted by Crippen LogP contribution is 2.31. The molecule has 160 valence electrons. The molecule has 2 heterocycles. The Bertz CT molecular complexity index is 940. The van der Waals surface area contributed by atoms with Gasteiger partial charge in [0, 0.05) is 50.3 Å². The number of aromatic nitrogens is 2. The number of benzene rings is 1. The van der Waals surface area contributed by atoms with Crippen molar-refractivity contribution in [3.05, 3.63) is 41.2 Å². The van der Waals surface area contributed by atoms with E-state index in [0.29, 0.717) is 39.0 Å². The molecule has 1 aromatic carbocycles. The monoisotopic (exact) mass is 410 g/mol. The van der Waals surface area contributed by atoms with Gasteiger partial charge in [-0.2, -0.15) is 5.10 Å². The normalized spacial score (nSPS) is 16.6. The second-order valence-corrected chi connectivity index (χ2v) is 8.24. The van der Waals surface area contributed by atoms with Gasteiger partial charge in [-0.05, 0) is 50.8 Å². The van der Waals surface area contributed by atoms with Crippen LogP contribution in [0.15, 0.2) is 24.3 Å². The van der Waals surface area contributed by atoms with E-state index in [1.807, 2.05) is 52.6 Å². The topological polar surface area (TPSA) is 67.7 Å². The Morgan fingerprint density at radius 1 is 1.10 bits per heavy atom. The van der Waals surface area contributed by atoms with E-state index < -0.39 is 0 Å². The zero-order valence-corrected chi connectivity index (χ0v) is 18.1. The minimum atomic E-state index is 0.154. The Hall–Kier alpha value is -2.83. The molecule has 7 nitrogen and oxygen atoms in total. The summed E-state index contributed by atoms with van der Waals surface area (Å²) in [5.41, 5.74) is 4.06. The summed E-state index contributed by atoms with van der Waals surface area (Å²) in [6, 6.07) is 7.81. The van der Waals surface area contributed by atoms with E-state index in [-0.39, 0.29) is 17.7 Å². The van der Waals surface area contributed by atoms with Crippen molar-refractivity contribution < 1.29 is 14.3 Å². The van der Waals surface area contributed by atoms with Gasteiger partial charge in [0.2, 0.25) is 11.8 Å². The van der Waals surface area contributed by atoms with E-state index >= 15 is 0 Å². The number of hydrogen-bond acceptors (Lipinski definition) is 4. The standard InChI is InChI=1S/C23H30N4O3/c1-16-21(17(2)27(24-16)19-5-4-6-20(15-19)30-3)9-10-22(28)25-11-13-26(14-12-25)23(29)18-7-8-18/h4-6,15,18H,7-14H2,1-3H3. The van der Waals surface area contributed by atoms with Crippen LogP contribution < -0.4 is 4.74 Å². The molecule has 1 aromatic heterocycles. The van der Waals surface area contributed by atoms with Crippen molar-refractivity contribution in [2.75, 3.05) is 33.3 Å². The number of carbonyl (C=O) groups is 2. The Kier molecular flexibility index (Phi) is 5.79. The van der Waals surface area contributed by atoms with Crippen LogP contribution in [0.1, 0.15) is 36.2 Å². The van der Waals surface area contributed by atoms with Crippen molar-refractivity contribution in [1.82, 2.24) is 19.6 Å². The van der Waals surface area contributed by atoms with Crippen molar-refractivity contribution >= 4 is 11.8 Å². The summed E-state index contributed by atoms with van der Waals surface area (Å²) in [5.74, 6) is 1.47. The number of nitrogens with zero attached hydrogens (tertiary/aromatic N) is 4. The Morgan fingerprint density at radius 2 is 1.80 bits per heavy atom. The minimum Gasteiger partial charge on any atom is -0.497 e. The number of hydrogen-bond donors (Lipinski definition) is 0. The van der Waals surface area contributed by atoms with Crippen LogP contribution in [0.4, 0.5) is 0 Å². The largest absolute Gasteiger partial charge is 0.497 e. The van der Waals surface area contributed by atoms with Gasteiger partial charge in [-0.25, -0.2) is 4.68 Å². The molecule has 2 aromatic rings. The maximum absolute atomic E-state index is 12.8. The van der Waals surface area contributed by atoms with E-state index in [9.17, 15) is 9.59 Å². The highest BCUT2D eigenvalue weighted by Gasteiger charge is 2.35. The van der Waals surface area contributed by atoms with Gasteiger partial charge < -0.3 is 14.5 Å². The molecule has 4 rings (SSSR count). The molecular weight excluding hydrogens is 380 g/mol. The quantitative estimate of drug-likeness (QED) is 0.734. The molecule has 0 spiro atoms. The summed E-state index contributed by atoms with van der Waals surface area (Å²) < 4.78 is 7.24. The molecule has 30 heavy (non-hydrogen) atoms. The SMILES string of the molecule is COc1cccc(-n2nc(C)c(CCC(=O)N3CCN(C(=O)C4CC4)CC3)c2C)c1. The smallest absolute Gasteiger partial charge is 0.225 e. The zero-order chi connectivity index (χ0) is 21.3. The maximum atomic E-state index is 12.8. The van der Waals surface area contributed by atoms with Crippen LogP contribution in [0.2, 0.25) is 0 Å². The van der Waals surface area contributed by atoms with Crippen molar-refractivity contribution in [2.45, 2.75) is 39.5 Å². The third-order valence-corrected chi connectivity index (χ3v) is 6.20. The molecule has 0 radical (unpaired) electrons. The number of aryl methyl sites for hydroxylation is 1. The summed E-state index contributed by atoms with van der Waals surface area (Å²) in [5, 5.41) is 4.69. The Labute approximate surface area is 177 Å². The second-order valence-electron chi connectivity index (χ2n) is 8.24. The second kappa shape index (κ2) is 8.50. The lowest BCUT2D eigenvalue weighted by Gasteiger charge is -2.35. The molecule has 2 amide bonds. The molecule has 2 fully saturated rings. The summed E-state index contributed by atoms with van der Waals surface area (Å²) in [7, 11) is 1.65. The first-order chi connectivity index (χ1) is 14.5. The first kappa shape index (κ1) is 20.4. The van der Waals surface area contributed by atoms with Crippen LogP contribution in [-0.4, -0.2) is 64.7 Å². The summed E-state index contributed by atoms with van der Waals surface area (Å²) in [6.07, 6.45) is 3.18. The van der Waals surface area contributed by atoms with Crippen LogP contribution in [0.5, 0.6) is 5.75 Å². The summed E-state index contributed by atoms with van der Waals surface area (Å²) >= 11 is 0. The molecule has 1 saturated heterocycles. The fourth-order valence-electron chi connectivity index (χ4n) is 4.19. The average Bonchev–Trinajstić information content (AvgIpc) is 3.58. The summed E-state index contributed by atoms with van der Waals surface area (Å²) in [4.78, 5) is 28.8. The van der Waals surface area contributed by atoms with E-state index in [2.05, 4.69) is 0 Å². The first-order valence-corrected chi connectivity index (χ1v) is 10.7. The highest BCUT2D eigenvalue weighted by atomic mass is 16.5. The molecule has 1 aliphatic heterocycles. The van der Waals surface area contributed by atoms with Gasteiger partial charge in [-0.1, -0.05) is 6.07 Å². The number of rotatable bonds is 6. The van der Waals surface area contributed by atoms with Crippen LogP contribution >= 0.6 is 0 Å². The number of amides is 2. The Morgan fingerprint density at radius 3 is 2.47 bits per heavy atom. The number of ether oxygens (including phenoxy) is 1. The number of piperazine rings is 1. The predicted octanol–water partition coefficient (Wildman–Crippen LogP) is 2.51. The van der Waals surface area contributed by atoms with Crippen LogP contribution in [0, 0.1) is 19.8 Å². The van der Waals surface area contributed by atoms with Crippen LogP contribution in [0.3, 0.4) is 0 Å². The first-order valence-electron chi connectivity index (χ1n) is 10.7. The molecule has 1 aliphatic carbocycles. The maximum Gasteiger partial charge on any atom is 0.225 e. The van der Waals surface area contributed by atoms with E-state index in [1.165, 1.54) is 0 Å². The molecule has 0 N–H and O–H groups in total. The molecule has 7 heteroatoms. The van der Waals surface area contributed by atoms with Crippen molar-refractivity contribution in [1.29, 1.82) is 0 Å². The predicted molar refractivity (Wildman–Crippen MR) is 114 cm³/mol. The van der Waals surface area contributed by atoms with Crippen LogP contribution in [0.25, 0.3) is 5.69 Å². The molecule has 1 saturated carbocycles. The lowest BCUT2D eigenvalue weighted by molar-refractivity contribution is -0.140. The fourth-order valence-corrected chi connectivity index (χ4v) is 4.19. The van der Waals surface area contributed by atoms with Crippen molar-refractivity contribution in [2.24, 2.45) is 5.92 Å². The van der Waals surface area contributed by atoms with E-state index in [0.717, 1.165) is 41.2 Å². The molecular formula is C23H30N4O3. The van der Waals surface area contributed by atoms with Gasteiger partial charge in [0.25, 0.3) is 0 Å². The van der Waals surface area contributed by atoms with Crippen LogP contribution in [-0.2, 0) is 16.0 Å². The summed E-state index contributed by atoms with van der Waals surface area (Å²) in [6.45, 7) is 6.63. The highest BCUT2D eigenvalue weighted by molar-refractivity contribution is 5.82. The number of carbonyl (C=O) groups excluding carboxylic acids is 2. The number of methoxy groups -OCH3 is 1. The van der Waals surface area contributed by atoms with Crippen molar-refractivity contribution in [3.63, 3.8) is 0 Å². The van der Waals surface area contributed by atoms with Gasteiger partial charge in [-0.15, -0.1) is 0 Å². The lowest BCUT2D eigenvalue weighted by Crippen LogP contribution is -2.51. The minimum absolute atomic E-state index is 0.154. The van der Waals surface area contributed by atoms with Gasteiger partial charge in [0.15, 0.2) is 0 Å². The molecule has 2 aliphatic rings. The Balaban J connectivity index is 1.36.